The van der Waals surface area contributed by atoms with Crippen LogP contribution in [-0.4, -0.2) is 40.4 Å². The van der Waals surface area contributed by atoms with Crippen molar-refractivity contribution >= 4 is 29.9 Å². The molecule has 7 nitrogen and oxygen atoms in total. The largest absolute Gasteiger partial charge is 0.375 e. The second-order valence-corrected chi connectivity index (χ2v) is 4.96. The first-order chi connectivity index (χ1) is 11.3. The SMILES string of the molecule is CCNC(=NCc1ncnn1C)NCCOCc1ccccc1.I. The molecule has 0 aliphatic rings. The monoisotopic (exact) mass is 444 g/mol. The van der Waals surface area contributed by atoms with Gasteiger partial charge in [0.2, 0.25) is 0 Å². The first-order valence-corrected chi connectivity index (χ1v) is 7.76. The lowest BCUT2D eigenvalue weighted by Crippen LogP contribution is -2.39. The maximum atomic E-state index is 5.65. The first-order valence-electron chi connectivity index (χ1n) is 7.76. The van der Waals surface area contributed by atoms with E-state index in [1.807, 2.05) is 32.2 Å². The van der Waals surface area contributed by atoms with Crippen LogP contribution in [0.2, 0.25) is 0 Å². The molecule has 2 aromatic rings. The topological polar surface area (TPSA) is 76.4 Å². The highest BCUT2D eigenvalue weighted by molar-refractivity contribution is 14.0. The van der Waals surface area contributed by atoms with Crippen LogP contribution in [0.15, 0.2) is 41.7 Å². The number of guanidine groups is 1. The Morgan fingerprint density at radius 3 is 2.71 bits per heavy atom. The van der Waals surface area contributed by atoms with Crippen LogP contribution < -0.4 is 10.6 Å². The van der Waals surface area contributed by atoms with Gasteiger partial charge in [0.1, 0.15) is 18.7 Å². The third-order valence-corrected chi connectivity index (χ3v) is 3.18. The number of nitrogens with zero attached hydrogens (tertiary/aromatic N) is 4. The van der Waals surface area contributed by atoms with E-state index in [2.05, 4.69) is 37.8 Å². The molecule has 1 heterocycles. The Labute approximate surface area is 159 Å². The van der Waals surface area contributed by atoms with Crippen molar-refractivity contribution in [2.75, 3.05) is 19.7 Å². The van der Waals surface area contributed by atoms with Crippen molar-refractivity contribution in [3.05, 3.63) is 48.0 Å². The number of hydrogen-bond donors (Lipinski definition) is 2. The van der Waals surface area contributed by atoms with Gasteiger partial charge >= 0.3 is 0 Å². The van der Waals surface area contributed by atoms with Gasteiger partial charge < -0.3 is 15.4 Å². The van der Waals surface area contributed by atoms with E-state index < -0.39 is 0 Å². The van der Waals surface area contributed by atoms with Crippen LogP contribution in [0.5, 0.6) is 0 Å². The highest BCUT2D eigenvalue weighted by atomic mass is 127. The molecule has 132 valence electrons. The van der Waals surface area contributed by atoms with Gasteiger partial charge in [0.05, 0.1) is 13.2 Å². The Balaban J connectivity index is 0.00000288. The summed E-state index contributed by atoms with van der Waals surface area (Å²) in [5, 5.41) is 10.5. The number of nitrogens with one attached hydrogen (secondary N) is 2. The Bertz CT molecular complexity index is 602. The summed E-state index contributed by atoms with van der Waals surface area (Å²) in [6.45, 7) is 5.24. The average Bonchev–Trinajstić information content (AvgIpc) is 2.98. The minimum Gasteiger partial charge on any atom is -0.375 e. The fourth-order valence-corrected chi connectivity index (χ4v) is 1.96. The number of rotatable bonds is 8. The summed E-state index contributed by atoms with van der Waals surface area (Å²) < 4.78 is 7.36. The minimum atomic E-state index is 0. The van der Waals surface area contributed by atoms with Crippen molar-refractivity contribution in [3.8, 4) is 0 Å². The van der Waals surface area contributed by atoms with Gasteiger partial charge in [-0.05, 0) is 12.5 Å². The molecule has 0 bridgehead atoms. The smallest absolute Gasteiger partial charge is 0.191 e. The van der Waals surface area contributed by atoms with Crippen molar-refractivity contribution in [2.45, 2.75) is 20.1 Å². The number of ether oxygens (including phenoxy) is 1. The Morgan fingerprint density at radius 2 is 2.04 bits per heavy atom. The minimum absolute atomic E-state index is 0. The summed E-state index contributed by atoms with van der Waals surface area (Å²) >= 11 is 0. The molecule has 2 N–H and O–H groups in total. The molecular formula is C16H25IN6O. The lowest BCUT2D eigenvalue weighted by atomic mass is 10.2. The molecule has 0 fully saturated rings. The molecule has 0 atom stereocenters. The maximum absolute atomic E-state index is 5.65. The predicted molar refractivity (Wildman–Crippen MR) is 105 cm³/mol. The van der Waals surface area contributed by atoms with Gasteiger partial charge in [-0.3, -0.25) is 4.68 Å². The zero-order valence-electron chi connectivity index (χ0n) is 14.1. The van der Waals surface area contributed by atoms with E-state index in [-0.39, 0.29) is 24.0 Å². The van der Waals surface area contributed by atoms with Gasteiger partial charge in [0, 0.05) is 20.1 Å². The summed E-state index contributed by atoms with van der Waals surface area (Å²) in [6.07, 6.45) is 1.53. The number of benzene rings is 1. The number of hydrogen-bond acceptors (Lipinski definition) is 4. The second-order valence-electron chi connectivity index (χ2n) is 4.96. The molecule has 0 saturated carbocycles. The van der Waals surface area contributed by atoms with Gasteiger partial charge in [0.15, 0.2) is 5.96 Å². The van der Waals surface area contributed by atoms with E-state index in [0.717, 1.165) is 18.3 Å². The Morgan fingerprint density at radius 1 is 1.25 bits per heavy atom. The number of aliphatic imine (C=N–C) groups is 1. The molecule has 0 spiro atoms. The average molecular weight is 444 g/mol. The summed E-state index contributed by atoms with van der Waals surface area (Å²) in [5.74, 6) is 1.57. The standard InChI is InChI=1S/C16H24N6O.HI/c1-3-17-16(19-11-15-20-13-21-22(15)2)18-9-10-23-12-14-7-5-4-6-8-14;/h4-8,13H,3,9-12H2,1-2H3,(H2,17,18,19);1H. The fourth-order valence-electron chi connectivity index (χ4n) is 1.96. The number of aryl methyl sites for hydroxylation is 1. The van der Waals surface area contributed by atoms with E-state index in [9.17, 15) is 0 Å². The molecule has 0 saturated heterocycles. The van der Waals surface area contributed by atoms with Crippen molar-refractivity contribution in [2.24, 2.45) is 12.0 Å². The summed E-state index contributed by atoms with van der Waals surface area (Å²) in [4.78, 5) is 8.64. The van der Waals surface area contributed by atoms with Crippen molar-refractivity contribution in [1.29, 1.82) is 0 Å². The van der Waals surface area contributed by atoms with Crippen LogP contribution in [0.4, 0.5) is 0 Å². The van der Waals surface area contributed by atoms with E-state index >= 15 is 0 Å². The highest BCUT2D eigenvalue weighted by Gasteiger charge is 2.01. The van der Waals surface area contributed by atoms with Crippen LogP contribution in [0, 0.1) is 0 Å². The van der Waals surface area contributed by atoms with E-state index in [1.165, 1.54) is 11.9 Å². The molecule has 0 aliphatic carbocycles. The van der Waals surface area contributed by atoms with E-state index in [4.69, 9.17) is 4.74 Å². The number of halogens is 1. The lowest BCUT2D eigenvalue weighted by Gasteiger charge is -2.11. The van der Waals surface area contributed by atoms with E-state index in [0.29, 0.717) is 26.3 Å². The zero-order chi connectivity index (χ0) is 16.3. The molecule has 2 rings (SSSR count). The molecular weight excluding hydrogens is 419 g/mol. The van der Waals surface area contributed by atoms with Crippen LogP contribution >= 0.6 is 24.0 Å². The van der Waals surface area contributed by atoms with Crippen molar-refractivity contribution in [3.63, 3.8) is 0 Å². The fraction of sp³-hybridized carbons (Fsp3) is 0.438. The normalized spacial score (nSPS) is 11.0. The van der Waals surface area contributed by atoms with Crippen LogP contribution in [-0.2, 0) is 24.9 Å². The molecule has 1 aromatic heterocycles. The quantitative estimate of drug-likeness (QED) is 0.281. The molecule has 8 heteroatoms. The summed E-state index contributed by atoms with van der Waals surface area (Å²) in [5.41, 5.74) is 1.18. The van der Waals surface area contributed by atoms with Crippen LogP contribution in [0.3, 0.4) is 0 Å². The van der Waals surface area contributed by atoms with Crippen LogP contribution in [0.25, 0.3) is 0 Å². The van der Waals surface area contributed by atoms with Gasteiger partial charge in [-0.15, -0.1) is 24.0 Å². The predicted octanol–water partition coefficient (Wildman–Crippen LogP) is 1.71. The Hall–Kier alpha value is -1.68. The second kappa shape index (κ2) is 11.8. The van der Waals surface area contributed by atoms with Crippen molar-refractivity contribution in [1.82, 2.24) is 25.4 Å². The van der Waals surface area contributed by atoms with Gasteiger partial charge in [-0.2, -0.15) is 5.10 Å². The van der Waals surface area contributed by atoms with Gasteiger partial charge in [0.25, 0.3) is 0 Å². The third-order valence-electron chi connectivity index (χ3n) is 3.18. The zero-order valence-corrected chi connectivity index (χ0v) is 16.4. The molecule has 0 unspecified atom stereocenters. The number of aromatic nitrogens is 3. The summed E-state index contributed by atoms with van der Waals surface area (Å²) in [7, 11) is 1.86. The highest BCUT2D eigenvalue weighted by Crippen LogP contribution is 1.99. The molecule has 0 radical (unpaired) electrons. The molecule has 24 heavy (non-hydrogen) atoms. The van der Waals surface area contributed by atoms with E-state index in [1.54, 1.807) is 4.68 Å². The first kappa shape index (κ1) is 20.4. The Kier molecular flexibility index (Phi) is 10.0. The van der Waals surface area contributed by atoms with Gasteiger partial charge in [-0.1, -0.05) is 30.3 Å². The maximum Gasteiger partial charge on any atom is 0.191 e. The van der Waals surface area contributed by atoms with Crippen LogP contribution in [0.1, 0.15) is 18.3 Å². The molecule has 0 amide bonds. The summed E-state index contributed by atoms with van der Waals surface area (Å²) in [6, 6.07) is 10.1. The molecule has 0 aliphatic heterocycles. The van der Waals surface area contributed by atoms with Crippen molar-refractivity contribution < 1.29 is 4.74 Å². The lowest BCUT2D eigenvalue weighted by molar-refractivity contribution is 0.125. The van der Waals surface area contributed by atoms with Gasteiger partial charge in [-0.25, -0.2) is 9.98 Å². The molecule has 1 aromatic carbocycles. The third kappa shape index (κ3) is 7.26.